The van der Waals surface area contributed by atoms with E-state index in [2.05, 4.69) is 85.0 Å². The first kappa shape index (κ1) is 19.2. The molecule has 0 aliphatic carbocycles. The Morgan fingerprint density at radius 2 is 2.00 bits per heavy atom. The topological polar surface area (TPSA) is 29.9 Å². The van der Waals surface area contributed by atoms with Gasteiger partial charge in [0.15, 0.2) is 0 Å². The van der Waals surface area contributed by atoms with Gasteiger partial charge in [0.25, 0.3) is 0 Å². The maximum Gasteiger partial charge on any atom is 0.0963 e. The molecule has 2 heterocycles. The summed E-state index contributed by atoms with van der Waals surface area (Å²) in [4.78, 5) is 4.67. The Morgan fingerprint density at radius 3 is 2.75 bits per heavy atom. The molecule has 28 heavy (non-hydrogen) atoms. The van der Waals surface area contributed by atoms with Crippen molar-refractivity contribution in [2.24, 2.45) is 0 Å². The highest BCUT2D eigenvalue weighted by atomic mass is 15.1. The van der Waals surface area contributed by atoms with Gasteiger partial charge >= 0.3 is 0 Å². The number of imidazole rings is 1. The van der Waals surface area contributed by atoms with Crippen LogP contribution in [0.4, 0.5) is 0 Å². The first-order valence-electron chi connectivity index (χ1n) is 10.7. The highest BCUT2D eigenvalue weighted by molar-refractivity contribution is 5.76. The zero-order valence-electron chi connectivity index (χ0n) is 17.7. The van der Waals surface area contributed by atoms with E-state index in [-0.39, 0.29) is 5.54 Å². The minimum absolute atomic E-state index is 0.0521. The quantitative estimate of drug-likeness (QED) is 0.643. The Hall–Kier alpha value is -2.13. The second-order valence-electron chi connectivity index (χ2n) is 9.39. The summed E-state index contributed by atoms with van der Waals surface area (Å²) < 4.78 is 2.26. The van der Waals surface area contributed by atoms with Gasteiger partial charge < -0.3 is 9.88 Å². The largest absolute Gasteiger partial charge is 0.325 e. The molecule has 1 fully saturated rings. The standard InChI is InChI=1S/C25H33N3/c1-18(21-9-5-6-10-22(21)20-8-7-13-26-16-20)14-19-11-12-24-23(15-19)27-17-28(24)25(2,3)4/h5-6,9-12,15,17-18,20,26H,7-8,13-14,16H2,1-4H3/t18?,20-/m0/s1. The van der Waals surface area contributed by atoms with E-state index in [0.717, 1.165) is 25.0 Å². The Bertz CT molecular complexity index is 942. The molecule has 3 heteroatoms. The highest BCUT2D eigenvalue weighted by Crippen LogP contribution is 2.32. The molecular formula is C25H33N3. The van der Waals surface area contributed by atoms with E-state index in [1.165, 1.54) is 29.5 Å². The molecular weight excluding hydrogens is 342 g/mol. The molecule has 1 N–H and O–H groups in total. The van der Waals surface area contributed by atoms with Gasteiger partial charge in [0.2, 0.25) is 0 Å². The molecule has 1 aromatic heterocycles. The van der Waals surface area contributed by atoms with Crippen molar-refractivity contribution in [1.82, 2.24) is 14.9 Å². The number of nitrogens with zero attached hydrogens (tertiary/aromatic N) is 2. The van der Waals surface area contributed by atoms with Gasteiger partial charge in [0, 0.05) is 12.1 Å². The summed E-state index contributed by atoms with van der Waals surface area (Å²) >= 11 is 0. The maximum atomic E-state index is 4.67. The van der Waals surface area contributed by atoms with Crippen molar-refractivity contribution < 1.29 is 0 Å². The average molecular weight is 376 g/mol. The summed E-state index contributed by atoms with van der Waals surface area (Å²) in [6.45, 7) is 11.3. The molecule has 3 nitrogen and oxygen atoms in total. The van der Waals surface area contributed by atoms with Gasteiger partial charge in [-0.15, -0.1) is 0 Å². The fourth-order valence-corrected chi connectivity index (χ4v) is 4.63. The number of benzene rings is 2. The zero-order valence-corrected chi connectivity index (χ0v) is 17.7. The van der Waals surface area contributed by atoms with Crippen LogP contribution in [0, 0.1) is 0 Å². The van der Waals surface area contributed by atoms with Crippen molar-refractivity contribution >= 4 is 11.0 Å². The van der Waals surface area contributed by atoms with Gasteiger partial charge in [-0.3, -0.25) is 0 Å². The molecule has 0 saturated carbocycles. The van der Waals surface area contributed by atoms with E-state index >= 15 is 0 Å². The molecule has 1 aliphatic rings. The first-order chi connectivity index (χ1) is 13.4. The summed E-state index contributed by atoms with van der Waals surface area (Å²) in [5.74, 6) is 1.15. The van der Waals surface area contributed by atoms with E-state index < -0.39 is 0 Å². The third-order valence-corrected chi connectivity index (χ3v) is 6.14. The zero-order chi connectivity index (χ0) is 19.7. The van der Waals surface area contributed by atoms with Crippen molar-refractivity contribution in [2.75, 3.05) is 13.1 Å². The number of hydrogen-bond acceptors (Lipinski definition) is 2. The van der Waals surface area contributed by atoms with E-state index in [9.17, 15) is 0 Å². The second-order valence-corrected chi connectivity index (χ2v) is 9.39. The lowest BCUT2D eigenvalue weighted by Crippen LogP contribution is -2.29. The number of fused-ring (bicyclic) bond motifs is 1. The molecule has 2 aromatic carbocycles. The molecule has 3 aromatic rings. The van der Waals surface area contributed by atoms with Crippen LogP contribution in [0.25, 0.3) is 11.0 Å². The smallest absolute Gasteiger partial charge is 0.0963 e. The van der Waals surface area contributed by atoms with Gasteiger partial charge in [-0.2, -0.15) is 0 Å². The van der Waals surface area contributed by atoms with Crippen molar-refractivity contribution in [2.45, 2.75) is 64.3 Å². The third-order valence-electron chi connectivity index (χ3n) is 6.14. The SMILES string of the molecule is CC(Cc1ccc2c(c1)ncn2C(C)(C)C)c1ccccc1[C@H]1CCCNC1. The molecule has 2 atom stereocenters. The van der Waals surface area contributed by atoms with Crippen molar-refractivity contribution in [1.29, 1.82) is 0 Å². The van der Waals surface area contributed by atoms with Crippen molar-refractivity contribution in [3.8, 4) is 0 Å². The predicted molar refractivity (Wildman–Crippen MR) is 118 cm³/mol. The van der Waals surface area contributed by atoms with Crippen LogP contribution in [0.3, 0.4) is 0 Å². The lowest BCUT2D eigenvalue weighted by atomic mass is 9.82. The summed E-state index contributed by atoms with van der Waals surface area (Å²) in [5, 5.41) is 3.57. The molecule has 1 saturated heterocycles. The van der Waals surface area contributed by atoms with E-state index in [4.69, 9.17) is 0 Å². The third kappa shape index (κ3) is 3.86. The lowest BCUT2D eigenvalue weighted by Gasteiger charge is -2.27. The number of piperidine rings is 1. The minimum Gasteiger partial charge on any atom is -0.325 e. The number of aromatic nitrogens is 2. The predicted octanol–water partition coefficient (Wildman–Crippen LogP) is 5.60. The monoisotopic (exact) mass is 375 g/mol. The van der Waals surface area contributed by atoms with Gasteiger partial charge in [-0.1, -0.05) is 37.3 Å². The van der Waals surface area contributed by atoms with Crippen LogP contribution < -0.4 is 5.32 Å². The maximum absolute atomic E-state index is 4.67. The van der Waals surface area contributed by atoms with Crippen LogP contribution in [-0.4, -0.2) is 22.6 Å². The summed E-state index contributed by atoms with van der Waals surface area (Å²) in [6, 6.07) is 15.9. The Balaban J connectivity index is 1.58. The van der Waals surface area contributed by atoms with Crippen LogP contribution in [0.1, 0.15) is 69.1 Å². The molecule has 0 spiro atoms. The van der Waals surface area contributed by atoms with Crippen LogP contribution >= 0.6 is 0 Å². The van der Waals surface area contributed by atoms with Gasteiger partial charge in [-0.05, 0) is 87.2 Å². The van der Waals surface area contributed by atoms with Crippen LogP contribution in [0.5, 0.6) is 0 Å². The molecule has 1 aliphatic heterocycles. The normalized spacial score (nSPS) is 19.1. The number of nitrogens with one attached hydrogen (secondary N) is 1. The van der Waals surface area contributed by atoms with Crippen molar-refractivity contribution in [3.63, 3.8) is 0 Å². The number of hydrogen-bond donors (Lipinski definition) is 1. The van der Waals surface area contributed by atoms with Gasteiger partial charge in [0.1, 0.15) is 0 Å². The fraction of sp³-hybridized carbons (Fsp3) is 0.480. The number of rotatable bonds is 4. The summed E-state index contributed by atoms with van der Waals surface area (Å²) in [5.41, 5.74) is 6.80. The first-order valence-corrected chi connectivity index (χ1v) is 10.7. The van der Waals surface area contributed by atoms with Crippen LogP contribution in [0.2, 0.25) is 0 Å². The van der Waals surface area contributed by atoms with E-state index in [0.29, 0.717) is 11.8 Å². The molecule has 1 unspecified atom stereocenters. The molecule has 148 valence electrons. The van der Waals surface area contributed by atoms with Crippen molar-refractivity contribution in [3.05, 3.63) is 65.5 Å². The minimum atomic E-state index is 0.0521. The molecule has 4 rings (SSSR count). The van der Waals surface area contributed by atoms with Gasteiger partial charge in [-0.25, -0.2) is 4.98 Å². The Morgan fingerprint density at radius 1 is 1.18 bits per heavy atom. The summed E-state index contributed by atoms with van der Waals surface area (Å²) in [7, 11) is 0. The fourth-order valence-electron chi connectivity index (χ4n) is 4.63. The Labute approximate surface area is 169 Å². The van der Waals surface area contributed by atoms with Crippen LogP contribution in [-0.2, 0) is 12.0 Å². The van der Waals surface area contributed by atoms with E-state index in [1.54, 1.807) is 5.56 Å². The second kappa shape index (κ2) is 7.71. The lowest BCUT2D eigenvalue weighted by molar-refractivity contribution is 0.408. The molecule has 0 bridgehead atoms. The van der Waals surface area contributed by atoms with Gasteiger partial charge in [0.05, 0.1) is 17.4 Å². The molecule has 0 radical (unpaired) electrons. The van der Waals surface area contributed by atoms with E-state index in [1.807, 2.05) is 6.33 Å². The highest BCUT2D eigenvalue weighted by Gasteiger charge is 2.21. The summed E-state index contributed by atoms with van der Waals surface area (Å²) in [6.07, 6.45) is 5.60. The Kier molecular flexibility index (Phi) is 5.29. The molecule has 0 amide bonds. The average Bonchev–Trinajstić information content (AvgIpc) is 3.12. The van der Waals surface area contributed by atoms with Crippen LogP contribution in [0.15, 0.2) is 48.8 Å².